The maximum Gasteiger partial charge on any atom is 0.262 e. The molecule has 0 atom stereocenters. The van der Waals surface area contributed by atoms with Crippen LogP contribution in [0.5, 0.6) is 0 Å². The van der Waals surface area contributed by atoms with Crippen LogP contribution in [-0.2, 0) is 13.0 Å². The van der Waals surface area contributed by atoms with E-state index in [9.17, 15) is 4.79 Å². The highest BCUT2D eigenvalue weighted by Crippen LogP contribution is 2.31. The molecule has 0 saturated carbocycles. The Kier molecular flexibility index (Phi) is 3.55. The molecule has 0 fully saturated rings. The number of hydrogen-bond donors (Lipinski definition) is 0. The van der Waals surface area contributed by atoms with E-state index in [1.807, 2.05) is 10.6 Å². The second-order valence-corrected chi connectivity index (χ2v) is 8.69. The predicted octanol–water partition coefficient (Wildman–Crippen LogP) is 4.79. The van der Waals surface area contributed by atoms with E-state index >= 15 is 0 Å². The summed E-state index contributed by atoms with van der Waals surface area (Å²) < 4.78 is 2.94. The molecular formula is C16H13BrN2OS2. The molecule has 3 aromatic heterocycles. The van der Waals surface area contributed by atoms with Crippen LogP contribution in [0.1, 0.15) is 29.6 Å². The monoisotopic (exact) mass is 392 g/mol. The Morgan fingerprint density at radius 2 is 2.32 bits per heavy atom. The van der Waals surface area contributed by atoms with Crippen LogP contribution in [0, 0.1) is 0 Å². The minimum atomic E-state index is 0.103. The molecular weight excluding hydrogens is 380 g/mol. The van der Waals surface area contributed by atoms with Gasteiger partial charge in [-0.3, -0.25) is 9.36 Å². The summed E-state index contributed by atoms with van der Waals surface area (Å²) in [6, 6.07) is 4.09. The maximum absolute atomic E-state index is 12.6. The quantitative estimate of drug-likeness (QED) is 0.628. The van der Waals surface area contributed by atoms with Gasteiger partial charge in [0.15, 0.2) is 0 Å². The molecule has 0 aromatic carbocycles. The Bertz CT molecular complexity index is 964. The molecule has 22 heavy (non-hydrogen) atoms. The molecule has 4 heterocycles. The van der Waals surface area contributed by atoms with Crippen molar-refractivity contribution in [3.8, 4) is 0 Å². The Balaban J connectivity index is 1.89. The normalized spacial score (nSPS) is 15.8. The SMILES string of the molecule is CCc1cc2c(=O)n3c(nc2s1)/C(=C\c1csc(Br)c1)CC3. The minimum Gasteiger partial charge on any atom is -0.292 e. The summed E-state index contributed by atoms with van der Waals surface area (Å²) in [6.45, 7) is 2.83. The van der Waals surface area contributed by atoms with E-state index < -0.39 is 0 Å². The van der Waals surface area contributed by atoms with Crippen LogP contribution in [0.25, 0.3) is 21.9 Å². The lowest BCUT2D eigenvalue weighted by molar-refractivity contribution is 0.726. The Morgan fingerprint density at radius 1 is 1.45 bits per heavy atom. The lowest BCUT2D eigenvalue weighted by Gasteiger charge is -2.02. The Hall–Kier alpha value is -1.24. The van der Waals surface area contributed by atoms with Crippen molar-refractivity contribution >= 4 is 60.5 Å². The number of allylic oxidation sites excluding steroid dienone is 1. The van der Waals surface area contributed by atoms with Crippen LogP contribution >= 0.6 is 38.6 Å². The first kappa shape index (κ1) is 14.4. The number of rotatable bonds is 2. The molecule has 1 aliphatic heterocycles. The van der Waals surface area contributed by atoms with Crippen LogP contribution in [0.15, 0.2) is 26.1 Å². The van der Waals surface area contributed by atoms with Gasteiger partial charge in [-0.25, -0.2) is 4.98 Å². The van der Waals surface area contributed by atoms with E-state index in [1.165, 1.54) is 4.88 Å². The van der Waals surface area contributed by atoms with Crippen molar-refractivity contribution in [2.24, 2.45) is 0 Å². The number of aryl methyl sites for hydroxylation is 1. The highest BCUT2D eigenvalue weighted by atomic mass is 79.9. The molecule has 0 spiro atoms. The van der Waals surface area contributed by atoms with Crippen molar-refractivity contribution in [1.82, 2.24) is 9.55 Å². The second-order valence-electron chi connectivity index (χ2n) is 5.28. The summed E-state index contributed by atoms with van der Waals surface area (Å²) in [5.41, 5.74) is 2.41. The zero-order valence-electron chi connectivity index (χ0n) is 11.9. The number of aromatic nitrogens is 2. The van der Waals surface area contributed by atoms with Crippen molar-refractivity contribution in [3.63, 3.8) is 0 Å². The second kappa shape index (κ2) is 5.44. The molecule has 112 valence electrons. The van der Waals surface area contributed by atoms with E-state index in [1.54, 1.807) is 22.7 Å². The fraction of sp³-hybridized carbons (Fsp3) is 0.250. The summed E-state index contributed by atoms with van der Waals surface area (Å²) in [5.74, 6) is 0.837. The predicted molar refractivity (Wildman–Crippen MR) is 97.8 cm³/mol. The van der Waals surface area contributed by atoms with Crippen molar-refractivity contribution in [2.75, 3.05) is 0 Å². The first-order valence-corrected chi connectivity index (χ1v) is 9.63. The fourth-order valence-corrected chi connectivity index (χ4v) is 4.86. The van der Waals surface area contributed by atoms with Crippen LogP contribution in [-0.4, -0.2) is 9.55 Å². The summed E-state index contributed by atoms with van der Waals surface area (Å²) in [6.07, 6.45) is 3.96. The lowest BCUT2D eigenvalue weighted by Crippen LogP contribution is -2.19. The molecule has 0 N–H and O–H groups in total. The van der Waals surface area contributed by atoms with Gasteiger partial charge in [-0.1, -0.05) is 6.92 Å². The molecule has 3 nitrogen and oxygen atoms in total. The van der Waals surface area contributed by atoms with Gasteiger partial charge in [-0.15, -0.1) is 22.7 Å². The third-order valence-electron chi connectivity index (χ3n) is 3.87. The van der Waals surface area contributed by atoms with E-state index in [2.05, 4.69) is 40.4 Å². The number of halogens is 1. The van der Waals surface area contributed by atoms with E-state index in [0.29, 0.717) is 0 Å². The molecule has 3 aromatic rings. The lowest BCUT2D eigenvalue weighted by atomic mass is 10.1. The van der Waals surface area contributed by atoms with Gasteiger partial charge in [0, 0.05) is 11.4 Å². The van der Waals surface area contributed by atoms with Gasteiger partial charge in [0.2, 0.25) is 0 Å². The van der Waals surface area contributed by atoms with Crippen molar-refractivity contribution in [3.05, 3.63) is 47.9 Å². The molecule has 0 aliphatic carbocycles. The summed E-state index contributed by atoms with van der Waals surface area (Å²) in [7, 11) is 0. The summed E-state index contributed by atoms with van der Waals surface area (Å²) in [4.78, 5) is 19.5. The van der Waals surface area contributed by atoms with E-state index in [-0.39, 0.29) is 5.56 Å². The van der Waals surface area contributed by atoms with Gasteiger partial charge in [0.25, 0.3) is 5.56 Å². The zero-order chi connectivity index (χ0) is 15.3. The highest BCUT2D eigenvalue weighted by molar-refractivity contribution is 9.11. The Morgan fingerprint density at radius 3 is 3.05 bits per heavy atom. The van der Waals surface area contributed by atoms with Crippen LogP contribution in [0.4, 0.5) is 0 Å². The molecule has 0 amide bonds. The molecule has 4 rings (SSSR count). The van der Waals surface area contributed by atoms with Gasteiger partial charge in [-0.2, -0.15) is 0 Å². The van der Waals surface area contributed by atoms with Gasteiger partial charge < -0.3 is 0 Å². The third kappa shape index (κ3) is 2.30. The van der Waals surface area contributed by atoms with E-state index in [0.717, 1.165) is 50.4 Å². The van der Waals surface area contributed by atoms with Gasteiger partial charge >= 0.3 is 0 Å². The van der Waals surface area contributed by atoms with Gasteiger partial charge in [0.1, 0.15) is 10.7 Å². The maximum atomic E-state index is 12.6. The number of hydrogen-bond acceptors (Lipinski definition) is 4. The molecule has 0 bridgehead atoms. The van der Waals surface area contributed by atoms with E-state index in [4.69, 9.17) is 4.98 Å². The average Bonchev–Trinajstić information content (AvgIpc) is 3.19. The third-order valence-corrected chi connectivity index (χ3v) is 6.57. The van der Waals surface area contributed by atoms with Gasteiger partial charge in [-0.05, 0) is 63.5 Å². The zero-order valence-corrected chi connectivity index (χ0v) is 15.1. The molecule has 0 radical (unpaired) electrons. The number of nitrogens with zero attached hydrogens (tertiary/aromatic N) is 2. The highest BCUT2D eigenvalue weighted by Gasteiger charge is 2.22. The Labute approximate surface area is 144 Å². The summed E-state index contributed by atoms with van der Waals surface area (Å²) in [5, 5.41) is 2.88. The molecule has 6 heteroatoms. The van der Waals surface area contributed by atoms with Gasteiger partial charge in [0.05, 0.1) is 9.17 Å². The summed E-state index contributed by atoms with van der Waals surface area (Å²) >= 11 is 6.79. The first-order valence-electron chi connectivity index (χ1n) is 7.14. The standard InChI is InChI=1S/C16H13BrN2OS2/c1-2-11-7-12-15(22-11)18-14-10(3-4-19(14)16(12)20)5-9-6-13(17)21-8-9/h5-8H,2-4H2,1H3/b10-5-. The first-order chi connectivity index (χ1) is 10.7. The molecule has 0 saturated heterocycles. The smallest absolute Gasteiger partial charge is 0.262 e. The fourth-order valence-electron chi connectivity index (χ4n) is 2.77. The topological polar surface area (TPSA) is 34.9 Å². The van der Waals surface area contributed by atoms with Crippen molar-refractivity contribution in [1.29, 1.82) is 0 Å². The van der Waals surface area contributed by atoms with Crippen LogP contribution in [0.3, 0.4) is 0 Å². The molecule has 0 unspecified atom stereocenters. The largest absolute Gasteiger partial charge is 0.292 e. The minimum absolute atomic E-state index is 0.103. The van der Waals surface area contributed by atoms with Crippen LogP contribution in [0.2, 0.25) is 0 Å². The number of fused-ring (bicyclic) bond motifs is 2. The average molecular weight is 393 g/mol. The number of thiophene rings is 2. The van der Waals surface area contributed by atoms with Crippen molar-refractivity contribution < 1.29 is 0 Å². The van der Waals surface area contributed by atoms with Crippen molar-refractivity contribution in [2.45, 2.75) is 26.3 Å². The van der Waals surface area contributed by atoms with Crippen LogP contribution < -0.4 is 5.56 Å². The molecule has 1 aliphatic rings.